The van der Waals surface area contributed by atoms with Gasteiger partial charge in [0.2, 0.25) is 0 Å². The number of para-hydroxylation sites is 1. The average molecular weight is 753 g/mol. The lowest BCUT2D eigenvalue weighted by atomic mass is 9.81. The monoisotopic (exact) mass is 752 g/mol. The second kappa shape index (κ2) is 12.8. The molecule has 0 bridgehead atoms. The van der Waals surface area contributed by atoms with Gasteiger partial charge in [0.1, 0.15) is 0 Å². The molecule has 9 aromatic carbocycles. The number of hydrogen-bond acceptors (Lipinski definition) is 1. The van der Waals surface area contributed by atoms with Crippen LogP contribution in [-0.2, 0) is 5.41 Å². The minimum atomic E-state index is -0.0985. The third-order valence-electron chi connectivity index (χ3n) is 12.9. The summed E-state index contributed by atoms with van der Waals surface area (Å²) in [5, 5.41) is 2.52. The van der Waals surface area contributed by atoms with Crippen molar-refractivity contribution < 1.29 is 0 Å². The molecule has 1 aliphatic heterocycles. The van der Waals surface area contributed by atoms with E-state index in [2.05, 4.69) is 230 Å². The lowest BCUT2D eigenvalue weighted by Gasteiger charge is -2.27. The molecule has 2 aliphatic rings. The summed E-state index contributed by atoms with van der Waals surface area (Å²) >= 11 is 0. The molecule has 1 aromatic heterocycles. The third-order valence-corrected chi connectivity index (χ3v) is 12.9. The normalized spacial score (nSPS) is 13.1. The number of hydrogen-bond donors (Lipinski definition) is 0. The highest BCUT2D eigenvalue weighted by Gasteiger charge is 2.40. The minimum Gasteiger partial charge on any atom is -0.310 e. The van der Waals surface area contributed by atoms with Crippen molar-refractivity contribution in [2.24, 2.45) is 0 Å². The number of fused-ring (bicyclic) bond motifs is 6. The van der Waals surface area contributed by atoms with Crippen molar-refractivity contribution in [3.8, 4) is 61.3 Å². The quantitative estimate of drug-likeness (QED) is 0.164. The summed E-state index contributed by atoms with van der Waals surface area (Å²) in [6.45, 7) is 4.78. The predicted molar refractivity (Wildman–Crippen MR) is 248 cm³/mol. The summed E-state index contributed by atoms with van der Waals surface area (Å²) < 4.78 is 2.55. The molecule has 0 N–H and O–H groups in total. The molecule has 2 heterocycles. The van der Waals surface area contributed by atoms with Gasteiger partial charge in [0.25, 0.3) is 0 Å². The molecule has 0 fully saturated rings. The number of nitrogens with zero attached hydrogens (tertiary/aromatic N) is 2. The summed E-state index contributed by atoms with van der Waals surface area (Å²) in [4.78, 5) is 2.43. The van der Waals surface area contributed by atoms with Crippen LogP contribution in [0.25, 0.3) is 83.1 Å². The zero-order chi connectivity index (χ0) is 39.2. The minimum absolute atomic E-state index is 0.0985. The van der Waals surface area contributed by atoms with E-state index in [1.54, 1.807) is 0 Å². The van der Waals surface area contributed by atoms with Gasteiger partial charge >= 0.3 is 0 Å². The summed E-state index contributed by atoms with van der Waals surface area (Å²) in [7, 11) is 0. The molecule has 1 aliphatic carbocycles. The maximum Gasteiger partial charge on any atom is 0.0623 e. The SMILES string of the molecule is CC1(C)c2cccc3c2-c2c1ccc1c4cc(N(c5ccc(-c6ccccc6)cc5)c5ccc(-c6ccccc6)c(-c6ccccc6)c5)ccc4n(c21)-c1ccccc1-3. The van der Waals surface area contributed by atoms with E-state index in [0.29, 0.717) is 0 Å². The molecule has 2 nitrogen and oxygen atoms in total. The number of rotatable bonds is 6. The van der Waals surface area contributed by atoms with Crippen LogP contribution in [0.2, 0.25) is 0 Å². The Morgan fingerprint density at radius 2 is 0.949 bits per heavy atom. The molecular weight excluding hydrogens is 713 g/mol. The highest BCUT2D eigenvalue weighted by Crippen LogP contribution is 2.58. The summed E-state index contributed by atoms with van der Waals surface area (Å²) in [6, 6.07) is 76.0. The van der Waals surface area contributed by atoms with Crippen LogP contribution in [0.15, 0.2) is 206 Å². The maximum absolute atomic E-state index is 2.55. The molecule has 59 heavy (non-hydrogen) atoms. The number of benzene rings is 9. The van der Waals surface area contributed by atoms with Crippen LogP contribution in [0.3, 0.4) is 0 Å². The van der Waals surface area contributed by atoms with Crippen molar-refractivity contribution in [1.29, 1.82) is 0 Å². The Bertz CT molecular complexity index is 3260. The van der Waals surface area contributed by atoms with Gasteiger partial charge in [0, 0.05) is 44.4 Å². The molecule has 0 atom stereocenters. The van der Waals surface area contributed by atoms with E-state index in [-0.39, 0.29) is 5.41 Å². The highest BCUT2D eigenvalue weighted by molar-refractivity contribution is 6.19. The summed E-state index contributed by atoms with van der Waals surface area (Å²) in [6.07, 6.45) is 0. The van der Waals surface area contributed by atoms with Gasteiger partial charge in [0.15, 0.2) is 0 Å². The second-order valence-corrected chi connectivity index (χ2v) is 16.5. The van der Waals surface area contributed by atoms with Gasteiger partial charge in [-0.2, -0.15) is 0 Å². The Morgan fingerprint density at radius 1 is 0.373 bits per heavy atom. The van der Waals surface area contributed by atoms with Crippen molar-refractivity contribution in [2.45, 2.75) is 19.3 Å². The first-order chi connectivity index (χ1) is 29.0. The van der Waals surface area contributed by atoms with E-state index in [1.165, 1.54) is 94.3 Å². The van der Waals surface area contributed by atoms with Gasteiger partial charge < -0.3 is 9.47 Å². The fraction of sp³-hybridized carbons (Fsp3) is 0.0526. The van der Waals surface area contributed by atoms with Crippen LogP contribution in [0.1, 0.15) is 25.0 Å². The van der Waals surface area contributed by atoms with Gasteiger partial charge in [-0.25, -0.2) is 0 Å². The van der Waals surface area contributed by atoms with Crippen molar-refractivity contribution in [2.75, 3.05) is 4.90 Å². The topological polar surface area (TPSA) is 8.17 Å². The fourth-order valence-corrected chi connectivity index (χ4v) is 10.1. The van der Waals surface area contributed by atoms with Crippen molar-refractivity contribution in [1.82, 2.24) is 4.57 Å². The first-order valence-electron chi connectivity index (χ1n) is 20.6. The van der Waals surface area contributed by atoms with Crippen LogP contribution in [0.4, 0.5) is 17.1 Å². The van der Waals surface area contributed by atoms with Crippen LogP contribution < -0.4 is 4.90 Å². The molecule has 0 saturated heterocycles. The molecular formula is C57H40N2. The van der Waals surface area contributed by atoms with Gasteiger partial charge in [-0.15, -0.1) is 0 Å². The lowest BCUT2D eigenvalue weighted by molar-refractivity contribution is 0.661. The Labute approximate surface area is 344 Å². The van der Waals surface area contributed by atoms with Gasteiger partial charge in [-0.1, -0.05) is 172 Å². The lowest BCUT2D eigenvalue weighted by Crippen LogP contribution is -2.15. The zero-order valence-corrected chi connectivity index (χ0v) is 33.0. The van der Waals surface area contributed by atoms with Crippen LogP contribution >= 0.6 is 0 Å². The second-order valence-electron chi connectivity index (χ2n) is 16.5. The molecule has 0 amide bonds. The Morgan fingerprint density at radius 3 is 1.69 bits per heavy atom. The zero-order valence-electron chi connectivity index (χ0n) is 33.0. The molecule has 2 heteroatoms. The van der Waals surface area contributed by atoms with E-state index in [1.807, 2.05) is 0 Å². The Hall–Kier alpha value is -7.42. The first-order valence-corrected chi connectivity index (χ1v) is 20.6. The van der Waals surface area contributed by atoms with Crippen LogP contribution in [0, 0.1) is 0 Å². The predicted octanol–water partition coefficient (Wildman–Crippen LogP) is 15.5. The van der Waals surface area contributed by atoms with Gasteiger partial charge in [-0.05, 0) is 104 Å². The standard InChI is InChI=1S/C57H40N2/c1-57(2)50-23-14-22-46-45-21-12-13-24-52(45)59-53-34-30-43(36-49(53)47-32-33-51(57)55(54(46)50)56(47)59)58(41-27-25-38(26-28-41)37-15-6-3-7-16-37)42-29-31-44(39-17-8-4-9-18-39)48(35-42)40-19-10-5-11-20-40/h3-36H,1-2H3. The number of anilines is 3. The Balaban J connectivity index is 1.12. The van der Waals surface area contributed by atoms with E-state index in [4.69, 9.17) is 0 Å². The molecule has 0 unspecified atom stereocenters. The largest absolute Gasteiger partial charge is 0.310 e. The van der Waals surface area contributed by atoms with E-state index < -0.39 is 0 Å². The summed E-state index contributed by atoms with van der Waals surface area (Å²) in [5.74, 6) is 0. The molecule has 278 valence electrons. The van der Waals surface area contributed by atoms with Gasteiger partial charge in [0.05, 0.1) is 16.7 Å². The average Bonchev–Trinajstić information content (AvgIpc) is 3.70. The number of aromatic nitrogens is 1. The van der Waals surface area contributed by atoms with Crippen molar-refractivity contribution in [3.05, 3.63) is 217 Å². The molecule has 0 spiro atoms. The fourth-order valence-electron chi connectivity index (χ4n) is 10.1. The Kier molecular flexibility index (Phi) is 7.31. The molecule has 0 radical (unpaired) electrons. The van der Waals surface area contributed by atoms with E-state index >= 15 is 0 Å². The smallest absolute Gasteiger partial charge is 0.0623 e. The highest BCUT2D eigenvalue weighted by atomic mass is 15.1. The van der Waals surface area contributed by atoms with Crippen LogP contribution in [0.5, 0.6) is 0 Å². The maximum atomic E-state index is 2.55. The molecule has 0 saturated carbocycles. The van der Waals surface area contributed by atoms with E-state index in [9.17, 15) is 0 Å². The van der Waals surface area contributed by atoms with Crippen molar-refractivity contribution in [3.63, 3.8) is 0 Å². The first kappa shape index (κ1) is 33.7. The third kappa shape index (κ3) is 5.00. The molecule has 12 rings (SSSR count). The van der Waals surface area contributed by atoms with E-state index in [0.717, 1.165) is 17.1 Å². The van der Waals surface area contributed by atoms with Crippen LogP contribution in [-0.4, -0.2) is 4.57 Å². The van der Waals surface area contributed by atoms with Crippen molar-refractivity contribution >= 4 is 38.9 Å². The summed E-state index contributed by atoms with van der Waals surface area (Å²) in [5.41, 5.74) is 22.3. The molecule has 10 aromatic rings. The van der Waals surface area contributed by atoms with Gasteiger partial charge in [-0.3, -0.25) is 0 Å².